The number of nitrogens with one attached hydrogen (secondary N) is 2. The van der Waals surface area contributed by atoms with Crippen molar-refractivity contribution >= 4 is 17.4 Å². The van der Waals surface area contributed by atoms with Crippen LogP contribution in [0.4, 0.5) is 11.5 Å². The molecule has 1 aromatic rings. The molecule has 1 rings (SSSR count). The molecule has 1 aromatic heterocycles. The first-order chi connectivity index (χ1) is 9.30. The summed E-state index contributed by atoms with van der Waals surface area (Å²) in [6.07, 6.45) is 1.89. The molecular formula is C15H26N4O. The van der Waals surface area contributed by atoms with E-state index in [1.165, 1.54) is 0 Å². The molecule has 1 heterocycles. The Balaban J connectivity index is 2.20. The maximum atomic E-state index is 11.6. The van der Waals surface area contributed by atoms with Crippen molar-refractivity contribution in [3.8, 4) is 0 Å². The molecule has 5 nitrogen and oxygen atoms in total. The second kappa shape index (κ2) is 7.12. The first-order valence-electron chi connectivity index (χ1n) is 7.06. The monoisotopic (exact) mass is 278 g/mol. The van der Waals surface area contributed by atoms with Gasteiger partial charge in [0.05, 0.1) is 5.69 Å². The number of rotatable bonds is 6. The predicted octanol–water partition coefficient (Wildman–Crippen LogP) is 2.33. The van der Waals surface area contributed by atoms with Crippen LogP contribution in [0.5, 0.6) is 0 Å². The largest absolute Gasteiger partial charge is 0.396 e. The number of hydrogen-bond acceptors (Lipinski definition) is 4. The van der Waals surface area contributed by atoms with Gasteiger partial charge in [-0.05, 0) is 31.9 Å². The Kier molecular flexibility index (Phi) is 5.80. The summed E-state index contributed by atoms with van der Waals surface area (Å²) < 4.78 is 0. The number of anilines is 2. The molecule has 4 N–H and O–H groups in total. The van der Waals surface area contributed by atoms with Crippen LogP contribution in [0.25, 0.3) is 0 Å². The number of unbranched alkanes of at least 4 members (excludes halogenated alkanes) is 1. The number of carbonyl (C=O) groups is 1. The Hall–Kier alpha value is -1.78. The average Bonchev–Trinajstić information content (AvgIpc) is 2.36. The molecule has 0 bridgehead atoms. The highest BCUT2D eigenvalue weighted by molar-refractivity contribution is 5.81. The van der Waals surface area contributed by atoms with Crippen molar-refractivity contribution in [3.63, 3.8) is 0 Å². The van der Waals surface area contributed by atoms with Crippen LogP contribution in [0, 0.1) is 12.3 Å². The van der Waals surface area contributed by atoms with Gasteiger partial charge in [-0.3, -0.25) is 4.79 Å². The van der Waals surface area contributed by atoms with Gasteiger partial charge in [-0.2, -0.15) is 0 Å². The van der Waals surface area contributed by atoms with Gasteiger partial charge in [0, 0.05) is 24.2 Å². The van der Waals surface area contributed by atoms with Gasteiger partial charge in [-0.1, -0.05) is 20.8 Å². The van der Waals surface area contributed by atoms with Crippen LogP contribution in [0.1, 0.15) is 39.3 Å². The highest BCUT2D eigenvalue weighted by atomic mass is 16.2. The first-order valence-corrected chi connectivity index (χ1v) is 7.06. The molecule has 0 aliphatic rings. The quantitative estimate of drug-likeness (QED) is 0.698. The fourth-order valence-electron chi connectivity index (χ4n) is 1.63. The van der Waals surface area contributed by atoms with Crippen molar-refractivity contribution < 1.29 is 4.79 Å². The molecule has 0 spiro atoms. The Bertz CT molecular complexity index is 452. The van der Waals surface area contributed by atoms with Crippen molar-refractivity contribution in [2.24, 2.45) is 5.41 Å². The van der Waals surface area contributed by atoms with Crippen LogP contribution in [-0.4, -0.2) is 24.0 Å². The molecule has 0 saturated carbocycles. The van der Waals surface area contributed by atoms with Crippen molar-refractivity contribution in [1.82, 2.24) is 10.3 Å². The molecule has 0 saturated heterocycles. The summed E-state index contributed by atoms with van der Waals surface area (Å²) in [6.45, 7) is 9.18. The third kappa shape index (κ3) is 5.47. The summed E-state index contributed by atoms with van der Waals surface area (Å²) in [5.41, 5.74) is 7.12. The van der Waals surface area contributed by atoms with Gasteiger partial charge in [-0.25, -0.2) is 4.98 Å². The highest BCUT2D eigenvalue weighted by Crippen LogP contribution is 2.15. The molecule has 0 aliphatic heterocycles. The van der Waals surface area contributed by atoms with Gasteiger partial charge in [0.15, 0.2) is 0 Å². The van der Waals surface area contributed by atoms with Crippen LogP contribution in [0.3, 0.4) is 0 Å². The fraction of sp³-hybridized carbons (Fsp3) is 0.600. The van der Waals surface area contributed by atoms with E-state index in [1.807, 2.05) is 39.8 Å². The lowest BCUT2D eigenvalue weighted by Crippen LogP contribution is -2.35. The Morgan fingerprint density at radius 1 is 1.25 bits per heavy atom. The third-order valence-electron chi connectivity index (χ3n) is 2.93. The molecule has 0 fully saturated rings. The Labute approximate surface area is 121 Å². The molecule has 0 atom stereocenters. The highest BCUT2D eigenvalue weighted by Gasteiger charge is 2.19. The lowest BCUT2D eigenvalue weighted by atomic mass is 9.96. The molecule has 5 heteroatoms. The zero-order valence-corrected chi connectivity index (χ0v) is 12.9. The van der Waals surface area contributed by atoms with E-state index in [9.17, 15) is 4.79 Å². The second-order valence-electron chi connectivity index (χ2n) is 6.03. The first kappa shape index (κ1) is 16.3. The Morgan fingerprint density at radius 3 is 2.55 bits per heavy atom. The van der Waals surface area contributed by atoms with E-state index in [1.54, 1.807) is 0 Å². The van der Waals surface area contributed by atoms with Crippen molar-refractivity contribution in [1.29, 1.82) is 0 Å². The average molecular weight is 278 g/mol. The maximum Gasteiger partial charge on any atom is 0.225 e. The number of amides is 1. The normalized spacial score (nSPS) is 11.2. The summed E-state index contributed by atoms with van der Waals surface area (Å²) in [5.74, 6) is 0.832. The fourth-order valence-corrected chi connectivity index (χ4v) is 1.63. The molecule has 112 valence electrons. The molecule has 20 heavy (non-hydrogen) atoms. The lowest BCUT2D eigenvalue weighted by Gasteiger charge is -2.17. The van der Waals surface area contributed by atoms with Gasteiger partial charge in [-0.15, -0.1) is 0 Å². The van der Waals surface area contributed by atoms with Gasteiger partial charge >= 0.3 is 0 Å². The molecule has 0 radical (unpaired) electrons. The van der Waals surface area contributed by atoms with Crippen LogP contribution < -0.4 is 16.4 Å². The van der Waals surface area contributed by atoms with Gasteiger partial charge in [0.1, 0.15) is 5.82 Å². The minimum absolute atomic E-state index is 0.0926. The standard InChI is InChI=1S/C15H26N4O/c1-11-7-8-12(16)13(19-11)17-9-5-6-10-18-14(20)15(2,3)4/h7-8H,5-6,9-10,16H2,1-4H3,(H,17,19)(H,18,20). The summed E-state index contributed by atoms with van der Waals surface area (Å²) in [6, 6.07) is 3.75. The summed E-state index contributed by atoms with van der Waals surface area (Å²) in [5, 5.41) is 6.16. The van der Waals surface area contributed by atoms with Crippen molar-refractivity contribution in [2.75, 3.05) is 24.1 Å². The van der Waals surface area contributed by atoms with Crippen LogP contribution >= 0.6 is 0 Å². The smallest absolute Gasteiger partial charge is 0.225 e. The van der Waals surface area contributed by atoms with E-state index in [0.29, 0.717) is 12.2 Å². The number of nitrogen functional groups attached to an aromatic ring is 1. The van der Waals surface area contributed by atoms with E-state index in [0.717, 1.165) is 30.9 Å². The van der Waals surface area contributed by atoms with E-state index in [2.05, 4.69) is 15.6 Å². The number of aryl methyl sites for hydroxylation is 1. The van der Waals surface area contributed by atoms with Crippen LogP contribution in [0.2, 0.25) is 0 Å². The number of aromatic nitrogens is 1. The van der Waals surface area contributed by atoms with Crippen LogP contribution in [0.15, 0.2) is 12.1 Å². The van der Waals surface area contributed by atoms with Crippen LogP contribution in [-0.2, 0) is 4.79 Å². The summed E-state index contributed by atoms with van der Waals surface area (Å²) in [4.78, 5) is 16.0. The third-order valence-corrected chi connectivity index (χ3v) is 2.93. The maximum absolute atomic E-state index is 11.6. The summed E-state index contributed by atoms with van der Waals surface area (Å²) in [7, 11) is 0. The number of pyridine rings is 1. The molecular weight excluding hydrogens is 252 g/mol. The van der Waals surface area contributed by atoms with Crippen molar-refractivity contribution in [2.45, 2.75) is 40.5 Å². The summed E-state index contributed by atoms with van der Waals surface area (Å²) >= 11 is 0. The van der Waals surface area contributed by atoms with E-state index in [-0.39, 0.29) is 11.3 Å². The SMILES string of the molecule is Cc1ccc(N)c(NCCCCNC(=O)C(C)(C)C)n1. The number of nitrogens with zero attached hydrogens (tertiary/aromatic N) is 1. The number of carbonyl (C=O) groups excluding carboxylic acids is 1. The molecule has 0 unspecified atom stereocenters. The molecule has 0 aliphatic carbocycles. The van der Waals surface area contributed by atoms with Gasteiger partial charge in [0.25, 0.3) is 0 Å². The molecule has 1 amide bonds. The zero-order chi connectivity index (χ0) is 15.2. The number of hydrogen-bond donors (Lipinski definition) is 3. The Morgan fingerprint density at radius 2 is 1.90 bits per heavy atom. The van der Waals surface area contributed by atoms with Gasteiger partial charge < -0.3 is 16.4 Å². The van der Waals surface area contributed by atoms with E-state index in [4.69, 9.17) is 5.73 Å². The van der Waals surface area contributed by atoms with Crippen molar-refractivity contribution in [3.05, 3.63) is 17.8 Å². The lowest BCUT2D eigenvalue weighted by molar-refractivity contribution is -0.128. The molecule has 0 aromatic carbocycles. The predicted molar refractivity (Wildman–Crippen MR) is 83.6 cm³/mol. The topological polar surface area (TPSA) is 80.0 Å². The minimum atomic E-state index is -0.321. The van der Waals surface area contributed by atoms with E-state index >= 15 is 0 Å². The van der Waals surface area contributed by atoms with Gasteiger partial charge in [0.2, 0.25) is 5.91 Å². The number of nitrogens with two attached hydrogens (primary N) is 1. The second-order valence-corrected chi connectivity index (χ2v) is 6.03. The zero-order valence-electron chi connectivity index (χ0n) is 12.9. The van der Waals surface area contributed by atoms with E-state index < -0.39 is 0 Å². The minimum Gasteiger partial charge on any atom is -0.396 e.